The van der Waals surface area contributed by atoms with Gasteiger partial charge in [0.2, 0.25) is 0 Å². The average molecular weight is 416 g/mol. The third-order valence-corrected chi connectivity index (χ3v) is 5.35. The van der Waals surface area contributed by atoms with Crippen molar-refractivity contribution < 1.29 is 14.3 Å². The number of ether oxygens (including phenoxy) is 1. The smallest absolute Gasteiger partial charge is 0.338 e. The largest absolute Gasteiger partial charge is 0.465 e. The quantitative estimate of drug-likeness (QED) is 0.608. The number of hydrogen-bond acceptors (Lipinski definition) is 6. The van der Waals surface area contributed by atoms with Crippen LogP contribution in [0.1, 0.15) is 26.5 Å². The number of carbonyl (C=O) groups is 2. The van der Waals surface area contributed by atoms with Crippen LogP contribution in [0, 0.1) is 6.92 Å². The first-order chi connectivity index (χ1) is 15.1. The normalized spacial score (nSPS) is 13.7. The van der Waals surface area contributed by atoms with E-state index in [9.17, 15) is 9.59 Å². The summed E-state index contributed by atoms with van der Waals surface area (Å²) in [4.78, 5) is 38.2. The van der Waals surface area contributed by atoms with E-state index in [4.69, 9.17) is 4.74 Å². The van der Waals surface area contributed by atoms with Gasteiger partial charge in [-0.25, -0.2) is 14.8 Å². The summed E-state index contributed by atoms with van der Waals surface area (Å²) in [7, 11) is 1.32. The lowest BCUT2D eigenvalue weighted by molar-refractivity contribution is 0.0589. The average Bonchev–Trinajstić information content (AvgIpc) is 2.83. The Labute approximate surface area is 181 Å². The molecule has 0 unspecified atom stereocenters. The number of rotatable bonds is 4. The summed E-state index contributed by atoms with van der Waals surface area (Å²) < 4.78 is 4.82. The Bertz CT molecular complexity index is 1090. The van der Waals surface area contributed by atoms with Crippen LogP contribution in [0.15, 0.2) is 60.7 Å². The van der Waals surface area contributed by atoms with Crippen molar-refractivity contribution in [3.63, 3.8) is 0 Å². The third-order valence-electron chi connectivity index (χ3n) is 5.35. The Morgan fingerprint density at radius 2 is 1.52 bits per heavy atom. The first kappa shape index (κ1) is 20.5. The summed E-state index contributed by atoms with van der Waals surface area (Å²) in [5.74, 6) is 0.896. The Kier molecular flexibility index (Phi) is 5.93. The summed E-state index contributed by atoms with van der Waals surface area (Å²) >= 11 is 0. The standard InChI is InChI=1S/C24H24N4O3/c1-17-25-21(18-8-4-3-5-9-18)16-22(26-17)27-12-14-28(15-13-27)23(29)19-10-6-7-11-20(19)24(30)31-2/h3-11,16H,12-15H2,1-2H3. The number of anilines is 1. The first-order valence-corrected chi connectivity index (χ1v) is 10.2. The van der Waals surface area contributed by atoms with E-state index in [2.05, 4.69) is 14.9 Å². The van der Waals surface area contributed by atoms with Gasteiger partial charge < -0.3 is 14.5 Å². The Balaban J connectivity index is 1.49. The maximum absolute atomic E-state index is 13.1. The van der Waals surface area contributed by atoms with Crippen LogP contribution in [-0.4, -0.2) is 60.0 Å². The number of methoxy groups -OCH3 is 1. The molecule has 1 fully saturated rings. The minimum atomic E-state index is -0.507. The summed E-state index contributed by atoms with van der Waals surface area (Å²) in [6, 6.07) is 18.8. The van der Waals surface area contributed by atoms with Crippen LogP contribution >= 0.6 is 0 Å². The molecule has 1 aromatic heterocycles. The number of carbonyl (C=O) groups excluding carboxylic acids is 2. The molecule has 1 amide bonds. The van der Waals surface area contributed by atoms with Crippen molar-refractivity contribution in [3.05, 3.63) is 77.6 Å². The maximum atomic E-state index is 13.1. The van der Waals surface area contributed by atoms with Crippen LogP contribution in [0.2, 0.25) is 0 Å². The molecule has 3 aromatic rings. The molecule has 0 bridgehead atoms. The van der Waals surface area contributed by atoms with E-state index in [1.807, 2.05) is 43.3 Å². The van der Waals surface area contributed by atoms with Gasteiger partial charge >= 0.3 is 5.97 Å². The molecule has 31 heavy (non-hydrogen) atoms. The molecule has 158 valence electrons. The van der Waals surface area contributed by atoms with Crippen LogP contribution in [-0.2, 0) is 4.74 Å². The Morgan fingerprint density at radius 3 is 2.19 bits per heavy atom. The van der Waals surface area contributed by atoms with Gasteiger partial charge in [-0.15, -0.1) is 0 Å². The van der Waals surface area contributed by atoms with Crippen LogP contribution in [0.3, 0.4) is 0 Å². The summed E-state index contributed by atoms with van der Waals surface area (Å²) in [6.45, 7) is 4.27. The van der Waals surface area contributed by atoms with Crippen molar-refractivity contribution >= 4 is 17.7 Å². The molecule has 1 aliphatic rings. The van der Waals surface area contributed by atoms with E-state index in [0.717, 1.165) is 17.1 Å². The number of aromatic nitrogens is 2. The first-order valence-electron chi connectivity index (χ1n) is 10.2. The Morgan fingerprint density at radius 1 is 0.871 bits per heavy atom. The van der Waals surface area contributed by atoms with Gasteiger partial charge in [0, 0.05) is 37.8 Å². The zero-order chi connectivity index (χ0) is 21.8. The van der Waals surface area contributed by atoms with E-state index in [1.54, 1.807) is 29.2 Å². The fourth-order valence-electron chi connectivity index (χ4n) is 3.74. The van der Waals surface area contributed by atoms with Crippen molar-refractivity contribution in [3.8, 4) is 11.3 Å². The number of hydrogen-bond donors (Lipinski definition) is 0. The Hall–Kier alpha value is -3.74. The highest BCUT2D eigenvalue weighted by Crippen LogP contribution is 2.23. The number of aryl methyl sites for hydroxylation is 1. The molecule has 0 spiro atoms. The van der Waals surface area contributed by atoms with E-state index in [-0.39, 0.29) is 11.5 Å². The molecule has 0 radical (unpaired) electrons. The van der Waals surface area contributed by atoms with E-state index in [0.29, 0.717) is 37.6 Å². The lowest BCUT2D eigenvalue weighted by atomic mass is 10.1. The van der Waals surface area contributed by atoms with Gasteiger partial charge in [0.1, 0.15) is 11.6 Å². The molecule has 0 saturated carbocycles. The fraction of sp³-hybridized carbons (Fsp3) is 0.250. The van der Waals surface area contributed by atoms with Crippen molar-refractivity contribution in [2.45, 2.75) is 6.92 Å². The molecule has 7 heteroatoms. The van der Waals surface area contributed by atoms with E-state index < -0.39 is 5.97 Å². The topological polar surface area (TPSA) is 75.6 Å². The van der Waals surface area contributed by atoms with E-state index in [1.165, 1.54) is 7.11 Å². The minimum absolute atomic E-state index is 0.163. The number of piperazine rings is 1. The highest BCUT2D eigenvalue weighted by molar-refractivity contribution is 6.05. The van der Waals surface area contributed by atoms with Gasteiger partial charge in [0.25, 0.3) is 5.91 Å². The molecule has 1 saturated heterocycles. The van der Waals surface area contributed by atoms with Crippen molar-refractivity contribution in [2.75, 3.05) is 38.2 Å². The highest BCUT2D eigenvalue weighted by Gasteiger charge is 2.26. The summed E-state index contributed by atoms with van der Waals surface area (Å²) in [6.07, 6.45) is 0. The number of amides is 1. The second-order valence-corrected chi connectivity index (χ2v) is 7.34. The number of benzene rings is 2. The zero-order valence-electron chi connectivity index (χ0n) is 17.6. The monoisotopic (exact) mass is 416 g/mol. The van der Waals surface area contributed by atoms with E-state index >= 15 is 0 Å². The molecule has 0 atom stereocenters. The molecule has 4 rings (SSSR count). The van der Waals surface area contributed by atoms with Crippen molar-refractivity contribution in [2.24, 2.45) is 0 Å². The highest BCUT2D eigenvalue weighted by atomic mass is 16.5. The SMILES string of the molecule is COC(=O)c1ccccc1C(=O)N1CCN(c2cc(-c3ccccc3)nc(C)n2)CC1. The fourth-order valence-corrected chi connectivity index (χ4v) is 3.74. The van der Waals surface area contributed by atoms with Gasteiger partial charge in [0.05, 0.1) is 23.9 Å². The van der Waals surface area contributed by atoms with Crippen LogP contribution < -0.4 is 4.90 Å². The molecule has 1 aliphatic heterocycles. The van der Waals surface area contributed by atoms with Crippen LogP contribution in [0.5, 0.6) is 0 Å². The molecule has 0 N–H and O–H groups in total. The van der Waals surface area contributed by atoms with Gasteiger partial charge in [-0.05, 0) is 19.1 Å². The third kappa shape index (κ3) is 4.40. The van der Waals surface area contributed by atoms with Gasteiger partial charge in [-0.3, -0.25) is 4.79 Å². The molecular weight excluding hydrogens is 392 g/mol. The second kappa shape index (κ2) is 8.95. The predicted octanol–water partition coefficient (Wildman–Crippen LogP) is 3.20. The van der Waals surface area contributed by atoms with Crippen LogP contribution in [0.4, 0.5) is 5.82 Å². The minimum Gasteiger partial charge on any atom is -0.465 e. The lowest BCUT2D eigenvalue weighted by Gasteiger charge is -2.35. The molecule has 2 heterocycles. The summed E-state index contributed by atoms with van der Waals surface area (Å²) in [5, 5.41) is 0. The van der Waals surface area contributed by atoms with Gasteiger partial charge in [-0.2, -0.15) is 0 Å². The van der Waals surface area contributed by atoms with Gasteiger partial charge in [-0.1, -0.05) is 42.5 Å². The van der Waals surface area contributed by atoms with Crippen molar-refractivity contribution in [1.82, 2.24) is 14.9 Å². The molecular formula is C24H24N4O3. The zero-order valence-corrected chi connectivity index (χ0v) is 17.6. The van der Waals surface area contributed by atoms with Crippen molar-refractivity contribution in [1.29, 1.82) is 0 Å². The second-order valence-electron chi connectivity index (χ2n) is 7.34. The predicted molar refractivity (Wildman–Crippen MR) is 118 cm³/mol. The summed E-state index contributed by atoms with van der Waals surface area (Å²) in [5.41, 5.74) is 2.58. The lowest BCUT2D eigenvalue weighted by Crippen LogP contribution is -2.49. The molecule has 7 nitrogen and oxygen atoms in total. The van der Waals surface area contributed by atoms with Crippen LogP contribution in [0.25, 0.3) is 11.3 Å². The molecule has 0 aliphatic carbocycles. The maximum Gasteiger partial charge on any atom is 0.338 e. The number of esters is 1. The number of nitrogens with zero attached hydrogens (tertiary/aromatic N) is 4. The van der Waals surface area contributed by atoms with Gasteiger partial charge in [0.15, 0.2) is 0 Å². The molecule has 2 aromatic carbocycles.